The molecule has 0 radical (unpaired) electrons. The number of rotatable bonds is 11. The summed E-state index contributed by atoms with van der Waals surface area (Å²) in [6.07, 6.45) is 7.21. The van der Waals surface area contributed by atoms with Gasteiger partial charge in [-0.2, -0.15) is 0 Å². The minimum atomic E-state index is -0.761. The van der Waals surface area contributed by atoms with Crippen molar-refractivity contribution in [1.82, 2.24) is 4.90 Å². The summed E-state index contributed by atoms with van der Waals surface area (Å²) >= 11 is 0. The molecular formula is C33H38FNO4. The average Bonchev–Trinajstić information content (AvgIpc) is 3.80. The van der Waals surface area contributed by atoms with E-state index in [4.69, 9.17) is 9.47 Å². The normalized spacial score (nSPS) is 16.9. The van der Waals surface area contributed by atoms with Crippen LogP contribution in [-0.2, 0) is 17.9 Å². The Morgan fingerprint density at radius 3 is 2.49 bits per heavy atom. The number of aliphatic carboxylic acids is 1. The van der Waals surface area contributed by atoms with E-state index in [9.17, 15) is 14.3 Å². The third-order valence-electron chi connectivity index (χ3n) is 8.00. The van der Waals surface area contributed by atoms with E-state index in [1.807, 2.05) is 36.4 Å². The van der Waals surface area contributed by atoms with Crippen LogP contribution >= 0.6 is 0 Å². The van der Waals surface area contributed by atoms with Gasteiger partial charge in [-0.05, 0) is 103 Å². The van der Waals surface area contributed by atoms with Gasteiger partial charge in [0.2, 0.25) is 0 Å². The number of halogens is 1. The molecule has 0 amide bonds. The maximum atomic E-state index is 15.0. The van der Waals surface area contributed by atoms with Gasteiger partial charge in [0.1, 0.15) is 23.9 Å². The van der Waals surface area contributed by atoms with Crippen LogP contribution in [0.15, 0.2) is 60.7 Å². The Labute approximate surface area is 230 Å². The van der Waals surface area contributed by atoms with E-state index in [1.165, 1.54) is 31.7 Å². The van der Waals surface area contributed by atoms with E-state index < -0.39 is 5.97 Å². The van der Waals surface area contributed by atoms with E-state index >= 15 is 0 Å². The SMILES string of the molecule is COc1ccc(F)c(-c2ccc(COc3cccc([C@H](CC(=O)O)C4CC4)c3)cc2CN2CCCCCC2)c1. The van der Waals surface area contributed by atoms with Crippen LogP contribution in [0.5, 0.6) is 11.5 Å². The number of nitrogens with zero attached hydrogens (tertiary/aromatic N) is 1. The molecule has 5 nitrogen and oxygen atoms in total. The first-order valence-electron chi connectivity index (χ1n) is 14.1. The van der Waals surface area contributed by atoms with Crippen molar-refractivity contribution in [3.63, 3.8) is 0 Å². The lowest BCUT2D eigenvalue weighted by molar-refractivity contribution is -0.137. The van der Waals surface area contributed by atoms with Crippen molar-refractivity contribution in [1.29, 1.82) is 0 Å². The van der Waals surface area contributed by atoms with Crippen molar-refractivity contribution in [2.24, 2.45) is 5.92 Å². The number of benzene rings is 3. The number of carboxylic acids is 1. The smallest absolute Gasteiger partial charge is 0.303 e. The molecule has 1 aliphatic heterocycles. The molecule has 3 aromatic rings. The van der Waals surface area contributed by atoms with Crippen LogP contribution in [0.2, 0.25) is 0 Å². The summed E-state index contributed by atoms with van der Waals surface area (Å²) in [5.74, 6) is 0.820. The van der Waals surface area contributed by atoms with Gasteiger partial charge in [-0.1, -0.05) is 43.2 Å². The van der Waals surface area contributed by atoms with E-state index in [-0.39, 0.29) is 18.2 Å². The largest absolute Gasteiger partial charge is 0.497 e. The zero-order chi connectivity index (χ0) is 27.2. The number of hydrogen-bond acceptors (Lipinski definition) is 4. The van der Waals surface area contributed by atoms with E-state index in [1.54, 1.807) is 19.2 Å². The maximum absolute atomic E-state index is 15.0. The summed E-state index contributed by atoms with van der Waals surface area (Å²) < 4.78 is 26.6. The molecule has 39 heavy (non-hydrogen) atoms. The van der Waals surface area contributed by atoms with Crippen LogP contribution in [0.1, 0.15) is 67.6 Å². The summed E-state index contributed by atoms with van der Waals surface area (Å²) in [7, 11) is 1.60. The highest BCUT2D eigenvalue weighted by atomic mass is 19.1. The number of carboxylic acid groups (broad SMARTS) is 1. The van der Waals surface area contributed by atoms with Gasteiger partial charge in [-0.15, -0.1) is 0 Å². The number of ether oxygens (including phenoxy) is 2. The molecule has 6 heteroatoms. The average molecular weight is 532 g/mol. The fourth-order valence-corrected chi connectivity index (χ4v) is 5.75. The summed E-state index contributed by atoms with van der Waals surface area (Å²) in [6.45, 7) is 3.23. The molecule has 206 valence electrons. The molecule has 5 rings (SSSR count). The van der Waals surface area contributed by atoms with Gasteiger partial charge >= 0.3 is 5.97 Å². The highest BCUT2D eigenvalue weighted by Gasteiger charge is 2.33. The lowest BCUT2D eigenvalue weighted by atomic mass is 9.91. The van der Waals surface area contributed by atoms with Crippen molar-refractivity contribution >= 4 is 5.97 Å². The molecule has 0 aromatic heterocycles. The predicted molar refractivity (Wildman–Crippen MR) is 151 cm³/mol. The molecule has 1 heterocycles. The quantitative estimate of drug-likeness (QED) is 0.279. The number of methoxy groups -OCH3 is 1. The Morgan fingerprint density at radius 1 is 0.974 bits per heavy atom. The third kappa shape index (κ3) is 7.18. The van der Waals surface area contributed by atoms with E-state index in [0.717, 1.165) is 60.5 Å². The van der Waals surface area contributed by atoms with Gasteiger partial charge < -0.3 is 14.6 Å². The highest BCUT2D eigenvalue weighted by Crippen LogP contribution is 2.45. The first kappa shape index (κ1) is 27.2. The van der Waals surface area contributed by atoms with Crippen LogP contribution < -0.4 is 9.47 Å². The molecule has 2 fully saturated rings. The Hall–Kier alpha value is -3.38. The Morgan fingerprint density at radius 2 is 1.77 bits per heavy atom. The van der Waals surface area contributed by atoms with Gasteiger partial charge in [0.05, 0.1) is 13.5 Å². The van der Waals surface area contributed by atoms with Crippen molar-refractivity contribution in [3.05, 3.63) is 83.2 Å². The zero-order valence-electron chi connectivity index (χ0n) is 22.7. The second kappa shape index (κ2) is 12.6. The van der Waals surface area contributed by atoms with Gasteiger partial charge in [0.15, 0.2) is 0 Å². The molecule has 0 spiro atoms. The molecule has 1 atom stereocenters. The molecule has 1 saturated carbocycles. The van der Waals surface area contributed by atoms with Crippen LogP contribution in [0.4, 0.5) is 4.39 Å². The minimum absolute atomic E-state index is 0.0309. The lowest BCUT2D eigenvalue weighted by Gasteiger charge is -2.23. The number of carbonyl (C=O) groups is 1. The minimum Gasteiger partial charge on any atom is -0.497 e. The zero-order valence-corrected chi connectivity index (χ0v) is 22.7. The van der Waals surface area contributed by atoms with Crippen molar-refractivity contribution in [2.45, 2.75) is 64.0 Å². The molecule has 3 aromatic carbocycles. The Kier molecular flexibility index (Phi) is 8.82. The second-order valence-corrected chi connectivity index (χ2v) is 10.9. The first-order valence-corrected chi connectivity index (χ1v) is 14.1. The van der Waals surface area contributed by atoms with E-state index in [2.05, 4.69) is 11.0 Å². The van der Waals surface area contributed by atoms with Crippen molar-refractivity contribution in [2.75, 3.05) is 20.2 Å². The number of hydrogen-bond donors (Lipinski definition) is 1. The van der Waals surface area contributed by atoms with Crippen LogP contribution in [0.3, 0.4) is 0 Å². The van der Waals surface area contributed by atoms with Gasteiger partial charge in [-0.25, -0.2) is 4.39 Å². The highest BCUT2D eigenvalue weighted by molar-refractivity contribution is 5.70. The standard InChI is InChI=1S/C33H38FNO4/c1-38-27-12-14-32(34)31(19-27)29-13-9-23(17-26(29)21-35-15-4-2-3-5-16-35)22-39-28-8-6-7-25(18-28)30(20-33(36)37)24-10-11-24/h6-9,12-14,17-19,24,30H,2-5,10-11,15-16,20-22H2,1H3,(H,36,37)/t30-/m1/s1. The molecular weight excluding hydrogens is 493 g/mol. The maximum Gasteiger partial charge on any atom is 0.303 e. The molecule has 2 aliphatic rings. The third-order valence-corrected chi connectivity index (χ3v) is 8.00. The Bertz CT molecular complexity index is 1280. The predicted octanol–water partition coefficient (Wildman–Crippen LogP) is 7.42. The topological polar surface area (TPSA) is 59.0 Å². The monoisotopic (exact) mass is 531 g/mol. The van der Waals surface area contributed by atoms with Gasteiger partial charge in [0.25, 0.3) is 0 Å². The van der Waals surface area contributed by atoms with Crippen LogP contribution in [0.25, 0.3) is 11.1 Å². The molecule has 0 unspecified atom stereocenters. The van der Waals surface area contributed by atoms with Gasteiger partial charge in [-0.3, -0.25) is 9.69 Å². The summed E-state index contributed by atoms with van der Waals surface area (Å²) in [5, 5.41) is 9.39. The van der Waals surface area contributed by atoms with E-state index in [0.29, 0.717) is 23.8 Å². The van der Waals surface area contributed by atoms with Crippen molar-refractivity contribution < 1.29 is 23.8 Å². The first-order chi connectivity index (χ1) is 19.0. The molecule has 1 saturated heterocycles. The summed E-state index contributed by atoms with van der Waals surface area (Å²) in [4.78, 5) is 13.9. The number of likely N-dealkylation sites (tertiary alicyclic amines) is 1. The fraction of sp³-hybridized carbons (Fsp3) is 0.424. The van der Waals surface area contributed by atoms with Crippen LogP contribution in [-0.4, -0.2) is 36.2 Å². The molecule has 1 aliphatic carbocycles. The Balaban J connectivity index is 1.38. The molecule has 0 bridgehead atoms. The van der Waals surface area contributed by atoms with Gasteiger partial charge in [0, 0.05) is 12.1 Å². The summed E-state index contributed by atoms with van der Waals surface area (Å²) in [6, 6.07) is 18.9. The van der Waals surface area contributed by atoms with Crippen LogP contribution in [0, 0.1) is 11.7 Å². The summed E-state index contributed by atoms with van der Waals surface area (Å²) in [5.41, 5.74) is 4.55. The fourth-order valence-electron chi connectivity index (χ4n) is 5.75. The molecule has 1 N–H and O–H groups in total. The lowest BCUT2D eigenvalue weighted by Crippen LogP contribution is -2.24. The van der Waals surface area contributed by atoms with Crippen molar-refractivity contribution in [3.8, 4) is 22.6 Å². The second-order valence-electron chi connectivity index (χ2n) is 10.9.